The van der Waals surface area contributed by atoms with Crippen molar-refractivity contribution in [2.24, 2.45) is 7.05 Å². The van der Waals surface area contributed by atoms with Gasteiger partial charge in [-0.3, -0.25) is 4.79 Å². The van der Waals surface area contributed by atoms with E-state index in [0.717, 1.165) is 10.9 Å². The van der Waals surface area contributed by atoms with Crippen LogP contribution < -0.4 is 0 Å². The van der Waals surface area contributed by atoms with Crippen LogP contribution in [0.3, 0.4) is 0 Å². The van der Waals surface area contributed by atoms with Crippen molar-refractivity contribution >= 4 is 26.6 Å². The molecule has 0 N–H and O–H groups in total. The summed E-state index contributed by atoms with van der Waals surface area (Å²) in [7, 11) is -1.16. The maximum Gasteiger partial charge on any atom is 0.254 e. The van der Waals surface area contributed by atoms with Crippen LogP contribution in [-0.2, 0) is 16.9 Å². The number of aromatic nitrogens is 1. The molecule has 2 heterocycles. The third kappa shape index (κ3) is 2.22. The molecule has 1 saturated heterocycles. The zero-order chi connectivity index (χ0) is 16.1. The lowest BCUT2D eigenvalue weighted by Crippen LogP contribution is -2.54. The van der Waals surface area contributed by atoms with Gasteiger partial charge in [0.2, 0.25) is 0 Å². The van der Waals surface area contributed by atoms with Crippen LogP contribution in [0.5, 0.6) is 0 Å². The Balaban J connectivity index is 2.00. The van der Waals surface area contributed by atoms with Crippen LogP contribution in [0.25, 0.3) is 10.9 Å². The fourth-order valence-electron chi connectivity index (χ4n) is 3.10. The number of carbonyl (C=O) groups is 1. The van der Waals surface area contributed by atoms with Crippen LogP contribution in [0.4, 0.5) is 0 Å². The molecule has 2 atom stereocenters. The Labute approximate surface area is 130 Å². The first-order valence-corrected chi connectivity index (χ1v) is 9.11. The Bertz CT molecular complexity index is 838. The van der Waals surface area contributed by atoms with Gasteiger partial charge in [0.1, 0.15) is 0 Å². The number of carbonyl (C=O) groups excluding carboxylic acids is 1. The number of nitrogens with zero attached hydrogens (tertiary/aromatic N) is 2. The van der Waals surface area contributed by atoms with Crippen molar-refractivity contribution in [1.29, 1.82) is 0 Å². The lowest BCUT2D eigenvalue weighted by atomic mass is 10.1. The van der Waals surface area contributed by atoms with Gasteiger partial charge in [0.15, 0.2) is 9.84 Å². The monoisotopic (exact) mass is 320 g/mol. The average Bonchev–Trinajstić information content (AvgIpc) is 2.86. The minimum Gasteiger partial charge on any atom is -0.351 e. The molecule has 118 valence electrons. The first-order chi connectivity index (χ1) is 10.3. The van der Waals surface area contributed by atoms with Crippen LogP contribution in [-0.4, -0.2) is 47.4 Å². The molecule has 22 heavy (non-hydrogen) atoms. The minimum atomic E-state index is -3.10. The Kier molecular flexibility index (Phi) is 3.51. The van der Waals surface area contributed by atoms with E-state index >= 15 is 0 Å². The van der Waals surface area contributed by atoms with E-state index in [1.165, 1.54) is 0 Å². The third-order valence-corrected chi connectivity index (χ3v) is 7.05. The lowest BCUT2D eigenvalue weighted by molar-refractivity contribution is 0.0695. The van der Waals surface area contributed by atoms with E-state index in [1.54, 1.807) is 11.8 Å². The predicted octanol–water partition coefficient (Wildman–Crippen LogP) is 1.83. The molecule has 5 nitrogen and oxygen atoms in total. The van der Waals surface area contributed by atoms with E-state index in [-0.39, 0.29) is 24.2 Å². The zero-order valence-electron chi connectivity index (χ0n) is 13.0. The van der Waals surface area contributed by atoms with Gasteiger partial charge < -0.3 is 9.47 Å². The quantitative estimate of drug-likeness (QED) is 0.805. The SMILES string of the molecule is C[C@@H]1[C@H](C)N(C(=O)c2cccc3c2ccn3C)CCS1(=O)=O. The molecule has 0 spiro atoms. The van der Waals surface area contributed by atoms with E-state index in [1.807, 2.05) is 49.0 Å². The summed E-state index contributed by atoms with van der Waals surface area (Å²) in [4.78, 5) is 14.6. The maximum atomic E-state index is 12.9. The Morgan fingerprint density at radius 3 is 2.68 bits per heavy atom. The van der Waals surface area contributed by atoms with Gasteiger partial charge in [-0.25, -0.2) is 8.42 Å². The minimum absolute atomic E-state index is 0.0367. The number of amides is 1. The second-order valence-corrected chi connectivity index (χ2v) is 8.45. The Morgan fingerprint density at radius 2 is 1.95 bits per heavy atom. The van der Waals surface area contributed by atoms with Gasteiger partial charge in [-0.1, -0.05) is 6.07 Å². The normalized spacial score (nSPS) is 24.6. The Hall–Kier alpha value is -1.82. The molecule has 0 aliphatic carbocycles. The van der Waals surface area contributed by atoms with Crippen molar-refractivity contribution in [2.75, 3.05) is 12.3 Å². The van der Waals surface area contributed by atoms with Gasteiger partial charge in [0, 0.05) is 42.3 Å². The van der Waals surface area contributed by atoms with Crippen molar-refractivity contribution < 1.29 is 13.2 Å². The van der Waals surface area contributed by atoms with E-state index in [4.69, 9.17) is 0 Å². The highest BCUT2D eigenvalue weighted by molar-refractivity contribution is 7.92. The largest absolute Gasteiger partial charge is 0.351 e. The molecule has 1 amide bonds. The van der Waals surface area contributed by atoms with Crippen LogP contribution in [0, 0.1) is 0 Å². The van der Waals surface area contributed by atoms with Crippen LogP contribution in [0.2, 0.25) is 0 Å². The summed E-state index contributed by atoms with van der Waals surface area (Å²) < 4.78 is 25.9. The highest BCUT2D eigenvalue weighted by atomic mass is 32.2. The van der Waals surface area contributed by atoms with Gasteiger partial charge in [-0.2, -0.15) is 0 Å². The molecular weight excluding hydrogens is 300 g/mol. The molecule has 0 saturated carbocycles. The number of aryl methyl sites for hydroxylation is 1. The first-order valence-electron chi connectivity index (χ1n) is 7.39. The van der Waals surface area contributed by atoms with Crippen molar-refractivity contribution in [3.05, 3.63) is 36.0 Å². The number of fused-ring (bicyclic) bond motifs is 1. The predicted molar refractivity (Wildman–Crippen MR) is 86.7 cm³/mol. The average molecular weight is 320 g/mol. The standard InChI is InChI=1S/C16H20N2O3S/c1-11-12(2)22(20,21)10-9-18(11)16(19)14-5-4-6-15-13(14)7-8-17(15)3/h4-8,11-12H,9-10H2,1-3H3/t11-,12+/m0/s1. The number of hydrogen-bond acceptors (Lipinski definition) is 3. The smallest absolute Gasteiger partial charge is 0.254 e. The van der Waals surface area contributed by atoms with Gasteiger partial charge in [0.25, 0.3) is 5.91 Å². The zero-order valence-corrected chi connectivity index (χ0v) is 13.8. The summed E-state index contributed by atoms with van der Waals surface area (Å²) in [6, 6.07) is 7.26. The van der Waals surface area contributed by atoms with Gasteiger partial charge in [0.05, 0.1) is 11.0 Å². The summed E-state index contributed by atoms with van der Waals surface area (Å²) in [5.41, 5.74) is 1.63. The molecule has 2 aromatic rings. The lowest BCUT2D eigenvalue weighted by Gasteiger charge is -2.37. The second-order valence-electron chi connectivity index (χ2n) is 5.98. The molecule has 1 aromatic heterocycles. The molecule has 1 aromatic carbocycles. The van der Waals surface area contributed by atoms with Crippen molar-refractivity contribution in [3.63, 3.8) is 0 Å². The highest BCUT2D eigenvalue weighted by Gasteiger charge is 2.38. The maximum absolute atomic E-state index is 12.9. The molecule has 1 aliphatic rings. The molecule has 0 unspecified atom stereocenters. The van der Waals surface area contributed by atoms with Crippen molar-refractivity contribution in [2.45, 2.75) is 25.1 Å². The van der Waals surface area contributed by atoms with Crippen LogP contribution >= 0.6 is 0 Å². The highest BCUT2D eigenvalue weighted by Crippen LogP contribution is 2.25. The summed E-state index contributed by atoms with van der Waals surface area (Å²) in [5.74, 6) is -0.0549. The van der Waals surface area contributed by atoms with Gasteiger partial charge in [-0.15, -0.1) is 0 Å². The molecule has 0 bridgehead atoms. The van der Waals surface area contributed by atoms with Gasteiger partial charge in [-0.05, 0) is 32.0 Å². The fraction of sp³-hybridized carbons (Fsp3) is 0.438. The molecular formula is C16H20N2O3S. The fourth-order valence-corrected chi connectivity index (χ4v) is 4.67. The van der Waals surface area contributed by atoms with E-state index in [9.17, 15) is 13.2 Å². The summed E-state index contributed by atoms with van der Waals surface area (Å²) >= 11 is 0. The molecule has 1 fully saturated rings. The van der Waals surface area contributed by atoms with Gasteiger partial charge >= 0.3 is 0 Å². The molecule has 1 aliphatic heterocycles. The van der Waals surface area contributed by atoms with Crippen LogP contribution in [0.15, 0.2) is 30.5 Å². The number of benzene rings is 1. The summed E-state index contributed by atoms with van der Waals surface area (Å²) in [6.07, 6.45) is 1.92. The topological polar surface area (TPSA) is 59.4 Å². The second kappa shape index (κ2) is 5.12. The molecule has 6 heteroatoms. The molecule has 3 rings (SSSR count). The number of sulfone groups is 1. The molecule has 0 radical (unpaired) electrons. The van der Waals surface area contributed by atoms with E-state index in [2.05, 4.69) is 0 Å². The summed E-state index contributed by atoms with van der Waals surface area (Å²) in [6.45, 7) is 3.75. The van der Waals surface area contributed by atoms with E-state index < -0.39 is 15.1 Å². The number of rotatable bonds is 1. The first kappa shape index (κ1) is 15.1. The Morgan fingerprint density at radius 1 is 1.23 bits per heavy atom. The van der Waals surface area contributed by atoms with Crippen LogP contribution in [0.1, 0.15) is 24.2 Å². The van der Waals surface area contributed by atoms with E-state index in [0.29, 0.717) is 5.56 Å². The third-order valence-electron chi connectivity index (χ3n) is 4.77. The summed E-state index contributed by atoms with van der Waals surface area (Å²) in [5, 5.41) is 0.378. The van der Waals surface area contributed by atoms with Crippen molar-refractivity contribution in [1.82, 2.24) is 9.47 Å². The van der Waals surface area contributed by atoms with Crippen molar-refractivity contribution in [3.8, 4) is 0 Å². The number of hydrogen-bond donors (Lipinski definition) is 0.